The van der Waals surface area contributed by atoms with E-state index in [4.69, 9.17) is 18.6 Å². The molecule has 1 aromatic heterocycles. The van der Waals surface area contributed by atoms with Gasteiger partial charge in [-0.3, -0.25) is 4.79 Å². The van der Waals surface area contributed by atoms with Crippen LogP contribution in [0.1, 0.15) is 22.8 Å². The molecule has 0 saturated carbocycles. The molecule has 30 heavy (non-hydrogen) atoms. The molecule has 0 radical (unpaired) electrons. The Kier molecular flexibility index (Phi) is 5.96. The van der Waals surface area contributed by atoms with Crippen LogP contribution >= 0.6 is 0 Å². The molecule has 2 N–H and O–H groups in total. The predicted molar refractivity (Wildman–Crippen MR) is 108 cm³/mol. The zero-order valence-electron chi connectivity index (χ0n) is 16.6. The summed E-state index contributed by atoms with van der Waals surface area (Å²) in [5, 5.41) is 20.8. The Balaban J connectivity index is 2.26. The lowest BCUT2D eigenvalue weighted by molar-refractivity contribution is -0.137. The Morgan fingerprint density at radius 3 is 2.47 bits per heavy atom. The molecular weight excluding hydrogens is 392 g/mol. The van der Waals surface area contributed by atoms with Crippen LogP contribution in [-0.4, -0.2) is 42.8 Å². The fraction of sp³-hybridized carbons (Fsp3) is 0.182. The van der Waals surface area contributed by atoms with Crippen molar-refractivity contribution in [2.24, 2.45) is 0 Å². The maximum Gasteiger partial charge on any atom is 0.342 e. The van der Waals surface area contributed by atoms with Gasteiger partial charge in [-0.25, -0.2) is 4.79 Å². The minimum Gasteiger partial charge on any atom is -0.508 e. The van der Waals surface area contributed by atoms with Crippen LogP contribution in [-0.2, 0) is 9.53 Å². The molecular formula is C22H20O8. The Bertz CT molecular complexity index is 1140. The molecule has 156 valence electrons. The number of Topliss-reactive ketones (excluding diaryl/α,β-unsaturated/α-hetero) is 1. The van der Waals surface area contributed by atoms with Crippen molar-refractivity contribution in [1.29, 1.82) is 0 Å². The smallest absolute Gasteiger partial charge is 0.342 e. The number of hydrogen-bond acceptors (Lipinski definition) is 8. The number of ether oxygens (including phenoxy) is 3. The van der Waals surface area contributed by atoms with Crippen molar-refractivity contribution >= 4 is 28.8 Å². The van der Waals surface area contributed by atoms with Crippen LogP contribution < -0.4 is 9.47 Å². The van der Waals surface area contributed by atoms with Crippen molar-refractivity contribution in [2.75, 3.05) is 20.8 Å². The number of ketones is 1. The van der Waals surface area contributed by atoms with E-state index in [1.165, 1.54) is 38.7 Å². The molecule has 0 spiro atoms. The second-order valence-corrected chi connectivity index (χ2v) is 6.16. The number of furan rings is 1. The summed E-state index contributed by atoms with van der Waals surface area (Å²) in [4.78, 5) is 26.0. The van der Waals surface area contributed by atoms with Gasteiger partial charge in [-0.2, -0.15) is 0 Å². The van der Waals surface area contributed by atoms with Gasteiger partial charge in [0.25, 0.3) is 0 Å². The average Bonchev–Trinajstić information content (AvgIpc) is 3.20. The monoisotopic (exact) mass is 412 g/mol. The number of fused-ring (bicyclic) bond motifs is 1. The molecule has 0 bridgehead atoms. The first-order valence-electron chi connectivity index (χ1n) is 8.99. The Labute approximate surface area is 171 Å². The largest absolute Gasteiger partial charge is 0.508 e. The van der Waals surface area contributed by atoms with Gasteiger partial charge in [-0.1, -0.05) is 12.1 Å². The topological polar surface area (TPSA) is 115 Å². The number of hydrogen-bond donors (Lipinski definition) is 2. The standard InChI is InChI=1S/C22H20O8/c1-4-29-22(26)15(11-12-6-5-7-13(23)10-12)17(24)16-18(25)21(28-3)20-14(8-9-30-20)19(16)27-2/h5-11,23,25H,4H2,1-3H3/b15-11-. The molecule has 0 saturated heterocycles. The highest BCUT2D eigenvalue weighted by atomic mass is 16.5. The lowest BCUT2D eigenvalue weighted by Gasteiger charge is -2.15. The van der Waals surface area contributed by atoms with Crippen molar-refractivity contribution in [1.82, 2.24) is 0 Å². The summed E-state index contributed by atoms with van der Waals surface area (Å²) in [7, 11) is 2.64. The van der Waals surface area contributed by atoms with Crippen LogP contribution in [0, 0.1) is 0 Å². The third-order valence-electron chi connectivity index (χ3n) is 4.35. The number of methoxy groups -OCH3 is 2. The van der Waals surface area contributed by atoms with Crippen LogP contribution in [0.5, 0.6) is 23.0 Å². The van der Waals surface area contributed by atoms with E-state index < -0.39 is 17.5 Å². The second-order valence-electron chi connectivity index (χ2n) is 6.16. The van der Waals surface area contributed by atoms with Gasteiger partial charge in [0.05, 0.1) is 32.5 Å². The van der Waals surface area contributed by atoms with E-state index in [0.717, 1.165) is 0 Å². The average molecular weight is 412 g/mol. The molecule has 0 aliphatic rings. The summed E-state index contributed by atoms with van der Waals surface area (Å²) in [5.41, 5.74) is -0.0529. The Hall–Kier alpha value is -3.94. The quantitative estimate of drug-likeness (QED) is 0.198. The number of carbonyl (C=O) groups is 2. The highest BCUT2D eigenvalue weighted by Gasteiger charge is 2.32. The van der Waals surface area contributed by atoms with Crippen molar-refractivity contribution in [3.63, 3.8) is 0 Å². The van der Waals surface area contributed by atoms with Gasteiger partial charge in [0.2, 0.25) is 11.5 Å². The minimum absolute atomic E-state index is 0.0214. The highest BCUT2D eigenvalue weighted by molar-refractivity contribution is 6.29. The van der Waals surface area contributed by atoms with Gasteiger partial charge >= 0.3 is 5.97 Å². The second kappa shape index (κ2) is 8.60. The van der Waals surface area contributed by atoms with Gasteiger partial charge in [0.15, 0.2) is 11.3 Å². The van der Waals surface area contributed by atoms with Crippen molar-refractivity contribution < 1.29 is 38.4 Å². The first-order chi connectivity index (χ1) is 14.4. The third kappa shape index (κ3) is 3.67. The highest BCUT2D eigenvalue weighted by Crippen LogP contribution is 2.46. The first-order valence-corrected chi connectivity index (χ1v) is 8.99. The van der Waals surface area contributed by atoms with Crippen molar-refractivity contribution in [2.45, 2.75) is 6.92 Å². The van der Waals surface area contributed by atoms with Gasteiger partial charge in [0.1, 0.15) is 22.6 Å². The zero-order chi connectivity index (χ0) is 21.8. The number of benzene rings is 2. The van der Waals surface area contributed by atoms with Crippen LogP contribution in [0.25, 0.3) is 17.0 Å². The number of esters is 1. The van der Waals surface area contributed by atoms with E-state index in [-0.39, 0.29) is 40.6 Å². The van der Waals surface area contributed by atoms with Crippen molar-refractivity contribution in [3.05, 3.63) is 53.3 Å². The summed E-state index contributed by atoms with van der Waals surface area (Å²) < 4.78 is 20.9. The van der Waals surface area contributed by atoms with E-state index in [0.29, 0.717) is 10.9 Å². The molecule has 0 aliphatic heterocycles. The van der Waals surface area contributed by atoms with E-state index >= 15 is 0 Å². The summed E-state index contributed by atoms with van der Waals surface area (Å²) >= 11 is 0. The number of carbonyl (C=O) groups excluding carboxylic acids is 2. The maximum atomic E-state index is 13.4. The fourth-order valence-corrected chi connectivity index (χ4v) is 3.08. The fourth-order valence-electron chi connectivity index (χ4n) is 3.08. The molecule has 8 nitrogen and oxygen atoms in total. The molecule has 3 aromatic rings. The third-order valence-corrected chi connectivity index (χ3v) is 4.35. The Morgan fingerprint density at radius 2 is 1.83 bits per heavy atom. The molecule has 8 heteroatoms. The van der Waals surface area contributed by atoms with Crippen molar-refractivity contribution in [3.8, 4) is 23.0 Å². The lowest BCUT2D eigenvalue weighted by atomic mass is 9.97. The zero-order valence-corrected chi connectivity index (χ0v) is 16.6. The summed E-state index contributed by atoms with van der Waals surface area (Å²) in [6.45, 7) is 1.64. The lowest BCUT2D eigenvalue weighted by Crippen LogP contribution is -2.17. The summed E-state index contributed by atoms with van der Waals surface area (Å²) in [6, 6.07) is 7.55. The SMILES string of the molecule is CCOC(=O)/C(=C\c1cccc(O)c1)C(=O)c1c(O)c(OC)c2occc2c1OC. The summed E-state index contributed by atoms with van der Waals surface area (Å²) in [5.74, 6) is -2.35. The molecule has 0 unspecified atom stereocenters. The molecule has 0 aliphatic carbocycles. The van der Waals surface area contributed by atoms with Gasteiger partial charge in [-0.05, 0) is 36.8 Å². The molecule has 0 amide bonds. The van der Waals surface area contributed by atoms with Gasteiger partial charge < -0.3 is 28.8 Å². The van der Waals surface area contributed by atoms with Gasteiger partial charge in [-0.15, -0.1) is 0 Å². The van der Waals surface area contributed by atoms with Crippen LogP contribution in [0.15, 0.2) is 46.6 Å². The maximum absolute atomic E-state index is 13.4. The van der Waals surface area contributed by atoms with Crippen LogP contribution in [0.3, 0.4) is 0 Å². The summed E-state index contributed by atoms with van der Waals surface area (Å²) in [6.07, 6.45) is 2.63. The molecule has 0 fully saturated rings. The normalized spacial score (nSPS) is 11.4. The minimum atomic E-state index is -0.890. The molecule has 2 aromatic carbocycles. The Morgan fingerprint density at radius 1 is 1.10 bits per heavy atom. The number of phenolic OH excluding ortho intramolecular Hbond substituents is 2. The van der Waals surface area contributed by atoms with E-state index in [1.54, 1.807) is 25.1 Å². The molecule has 3 rings (SSSR count). The predicted octanol–water partition coefficient (Wildman–Crippen LogP) is 3.69. The number of aromatic hydroxyl groups is 2. The first kappa shape index (κ1) is 20.8. The number of rotatable bonds is 7. The van der Waals surface area contributed by atoms with E-state index in [2.05, 4.69) is 0 Å². The molecule has 1 heterocycles. The molecule has 0 atom stereocenters. The van der Waals surface area contributed by atoms with Gasteiger partial charge in [0, 0.05) is 0 Å². The van der Waals surface area contributed by atoms with Crippen LogP contribution in [0.4, 0.5) is 0 Å². The van der Waals surface area contributed by atoms with Crippen LogP contribution in [0.2, 0.25) is 0 Å². The van der Waals surface area contributed by atoms with E-state index in [9.17, 15) is 19.8 Å². The van der Waals surface area contributed by atoms with E-state index in [1.807, 2.05) is 0 Å². The number of phenols is 2.